The van der Waals surface area contributed by atoms with Crippen molar-refractivity contribution in [1.29, 1.82) is 0 Å². The van der Waals surface area contributed by atoms with Crippen molar-refractivity contribution >= 4 is 23.5 Å². The number of ketones is 1. The van der Waals surface area contributed by atoms with E-state index in [0.29, 0.717) is 18.5 Å². The van der Waals surface area contributed by atoms with Gasteiger partial charge in [0.25, 0.3) is 5.91 Å². The molecule has 3 heterocycles. The van der Waals surface area contributed by atoms with Crippen LogP contribution < -0.4 is 10.6 Å². The first-order valence-electron chi connectivity index (χ1n) is 14.2. The molecule has 0 unspecified atom stereocenters. The van der Waals surface area contributed by atoms with Gasteiger partial charge in [0.2, 0.25) is 11.8 Å². The molecule has 5 aliphatic rings. The van der Waals surface area contributed by atoms with Crippen molar-refractivity contribution in [3.8, 4) is 0 Å². The van der Waals surface area contributed by atoms with Crippen molar-refractivity contribution in [2.75, 3.05) is 13.2 Å². The van der Waals surface area contributed by atoms with Gasteiger partial charge in [0.15, 0.2) is 11.4 Å². The van der Waals surface area contributed by atoms with E-state index in [2.05, 4.69) is 10.6 Å². The van der Waals surface area contributed by atoms with E-state index >= 15 is 0 Å². The molecule has 5 fully saturated rings. The van der Waals surface area contributed by atoms with Crippen molar-refractivity contribution in [1.82, 2.24) is 15.5 Å². The van der Waals surface area contributed by atoms with Crippen LogP contribution in [0, 0.1) is 17.8 Å². The summed E-state index contributed by atoms with van der Waals surface area (Å²) in [6.07, 6.45) is 7.20. The quantitative estimate of drug-likeness (QED) is 0.385. The predicted octanol–water partition coefficient (Wildman–Crippen LogP) is 1.41. The van der Waals surface area contributed by atoms with Gasteiger partial charge >= 0.3 is 0 Å². The monoisotopic (exact) mass is 525 g/mol. The molecule has 3 saturated heterocycles. The average Bonchev–Trinajstić information content (AvgIpc) is 3.64. The fraction of sp³-hybridized carbons (Fsp3) is 0.655. The summed E-state index contributed by atoms with van der Waals surface area (Å²) in [6, 6.07) is 7.09. The highest BCUT2D eigenvalue weighted by atomic mass is 16.3. The molecular formula is C29H39N3O6. The first-order chi connectivity index (χ1) is 18.3. The van der Waals surface area contributed by atoms with E-state index in [1.165, 1.54) is 0 Å². The second-order valence-corrected chi connectivity index (χ2v) is 11.5. The van der Waals surface area contributed by atoms with E-state index in [9.17, 15) is 29.4 Å². The number of aliphatic hydroxyl groups excluding tert-OH is 1. The van der Waals surface area contributed by atoms with Gasteiger partial charge in [0.05, 0.1) is 6.04 Å². The lowest BCUT2D eigenvalue weighted by Crippen LogP contribution is -2.67. The Labute approximate surface area is 223 Å². The predicted molar refractivity (Wildman–Crippen MR) is 138 cm³/mol. The van der Waals surface area contributed by atoms with Gasteiger partial charge in [-0.25, -0.2) is 0 Å². The number of nitrogens with one attached hydrogen (secondary N) is 2. The van der Waals surface area contributed by atoms with E-state index in [1.807, 2.05) is 18.2 Å². The Morgan fingerprint density at radius 3 is 2.32 bits per heavy atom. The average molecular weight is 526 g/mol. The zero-order chi connectivity index (χ0) is 26.9. The van der Waals surface area contributed by atoms with E-state index in [1.54, 1.807) is 17.0 Å². The van der Waals surface area contributed by atoms with E-state index in [0.717, 1.165) is 51.4 Å². The van der Waals surface area contributed by atoms with Gasteiger partial charge < -0.3 is 25.7 Å². The molecule has 1 aromatic carbocycles. The van der Waals surface area contributed by atoms with Crippen molar-refractivity contribution in [2.24, 2.45) is 17.8 Å². The third kappa shape index (κ3) is 4.86. The number of benzene rings is 1. The first-order valence-corrected chi connectivity index (χ1v) is 14.2. The number of Topliss-reactive ketones (excluding diaryl/α,β-unsaturated/α-hetero) is 1. The first kappa shape index (κ1) is 26.8. The zero-order valence-corrected chi connectivity index (χ0v) is 21.8. The highest BCUT2D eigenvalue weighted by Crippen LogP contribution is 2.46. The van der Waals surface area contributed by atoms with Gasteiger partial charge in [-0.05, 0) is 62.8 Å². The van der Waals surface area contributed by atoms with Gasteiger partial charge in [0.1, 0.15) is 12.6 Å². The maximum absolute atomic E-state index is 14.4. The van der Waals surface area contributed by atoms with Crippen LogP contribution in [0.1, 0.15) is 69.8 Å². The molecule has 3 amide bonds. The molecule has 0 aromatic heterocycles. The molecule has 0 radical (unpaired) electrons. The topological polar surface area (TPSA) is 136 Å². The standard InChI is InChI=1S/C29H39N3O6/c33-17-24(34)23(16-19-14-15-30-26(19)35)31-27(36)25-18-10-12-22(13-11-18)32(25)28(37)29(38,21-8-4-5-9-21)20-6-2-1-3-7-20/h1-3,6-7,18-19,21-23,25,33,38H,4-5,8-17H2,(H,30,35)(H,31,36)/t18?,19-,22?,23-,25-,29+/m0/s1. The van der Waals surface area contributed by atoms with Crippen molar-refractivity contribution in [3.05, 3.63) is 35.9 Å². The minimum absolute atomic E-state index is 0.0767. The molecule has 4 N–H and O–H groups in total. The highest BCUT2D eigenvalue weighted by molar-refractivity contribution is 5.96. The molecule has 2 aliphatic carbocycles. The van der Waals surface area contributed by atoms with Crippen LogP contribution in [0.2, 0.25) is 0 Å². The number of rotatable bonds is 9. The molecule has 2 saturated carbocycles. The summed E-state index contributed by atoms with van der Waals surface area (Å²) < 4.78 is 0. The molecule has 4 atom stereocenters. The Morgan fingerprint density at radius 2 is 1.71 bits per heavy atom. The second-order valence-electron chi connectivity index (χ2n) is 11.5. The van der Waals surface area contributed by atoms with Gasteiger partial charge in [-0.1, -0.05) is 43.2 Å². The summed E-state index contributed by atoms with van der Waals surface area (Å²) in [6.45, 7) is -0.223. The Hall–Kier alpha value is -2.78. The van der Waals surface area contributed by atoms with Crippen LogP contribution in [0.3, 0.4) is 0 Å². The van der Waals surface area contributed by atoms with Crippen molar-refractivity contribution in [2.45, 2.75) is 87.9 Å². The minimum atomic E-state index is -1.73. The maximum Gasteiger partial charge on any atom is 0.260 e. The summed E-state index contributed by atoms with van der Waals surface area (Å²) in [5, 5.41) is 27.3. The van der Waals surface area contributed by atoms with Crippen LogP contribution in [0.15, 0.2) is 30.3 Å². The molecular weight excluding hydrogens is 486 g/mol. The SMILES string of the molecule is O=C1NCC[C@H]1C[C@H](NC(=O)[C@@H]1C2CCC(CC2)N1C(=O)[C@@](O)(c1ccccc1)C1CCCC1)C(=O)CO. The van der Waals surface area contributed by atoms with Crippen LogP contribution in [-0.2, 0) is 24.8 Å². The van der Waals surface area contributed by atoms with Crippen LogP contribution in [0.25, 0.3) is 0 Å². The molecule has 38 heavy (non-hydrogen) atoms. The van der Waals surface area contributed by atoms with Crippen LogP contribution in [0.4, 0.5) is 0 Å². The number of fused-ring (bicyclic) bond motifs is 3. The number of amides is 3. The number of aliphatic hydroxyl groups is 2. The highest BCUT2D eigenvalue weighted by Gasteiger charge is 2.55. The Morgan fingerprint density at radius 1 is 1.03 bits per heavy atom. The molecule has 1 aromatic rings. The number of hydrogen-bond donors (Lipinski definition) is 4. The number of piperidine rings is 2. The second kappa shape index (κ2) is 11.1. The smallest absolute Gasteiger partial charge is 0.260 e. The zero-order valence-electron chi connectivity index (χ0n) is 21.8. The summed E-state index contributed by atoms with van der Waals surface area (Å²) in [4.78, 5) is 54.7. The molecule has 2 bridgehead atoms. The molecule has 3 aliphatic heterocycles. The fourth-order valence-electron chi connectivity index (χ4n) is 7.34. The molecule has 0 spiro atoms. The van der Waals surface area contributed by atoms with E-state index < -0.39 is 47.8 Å². The van der Waals surface area contributed by atoms with E-state index in [-0.39, 0.29) is 30.2 Å². The van der Waals surface area contributed by atoms with Gasteiger partial charge in [-0.3, -0.25) is 19.2 Å². The van der Waals surface area contributed by atoms with Crippen molar-refractivity contribution < 1.29 is 29.4 Å². The third-order valence-electron chi connectivity index (χ3n) is 9.41. The molecule has 6 rings (SSSR count). The number of carbonyl (C=O) groups excluding carboxylic acids is 4. The lowest BCUT2D eigenvalue weighted by Gasteiger charge is -2.53. The Balaban J connectivity index is 1.44. The number of nitrogens with zero attached hydrogens (tertiary/aromatic N) is 1. The Kier molecular flexibility index (Phi) is 7.86. The summed E-state index contributed by atoms with van der Waals surface area (Å²) >= 11 is 0. The van der Waals surface area contributed by atoms with Crippen LogP contribution in [-0.4, -0.2) is 69.9 Å². The largest absolute Gasteiger partial charge is 0.389 e. The summed E-state index contributed by atoms with van der Waals surface area (Å²) in [5.41, 5.74) is -1.17. The fourth-order valence-corrected chi connectivity index (χ4v) is 7.34. The van der Waals surface area contributed by atoms with Gasteiger partial charge in [0, 0.05) is 24.4 Å². The van der Waals surface area contributed by atoms with Crippen LogP contribution in [0.5, 0.6) is 0 Å². The third-order valence-corrected chi connectivity index (χ3v) is 9.41. The molecule has 206 valence electrons. The summed E-state index contributed by atoms with van der Waals surface area (Å²) in [7, 11) is 0. The normalized spacial score (nSPS) is 29.5. The van der Waals surface area contributed by atoms with Gasteiger partial charge in [-0.15, -0.1) is 0 Å². The van der Waals surface area contributed by atoms with Crippen LogP contribution >= 0.6 is 0 Å². The lowest BCUT2D eigenvalue weighted by molar-refractivity contribution is -0.176. The minimum Gasteiger partial charge on any atom is -0.389 e. The maximum atomic E-state index is 14.4. The lowest BCUT2D eigenvalue weighted by atomic mass is 9.71. The molecule has 9 heteroatoms. The summed E-state index contributed by atoms with van der Waals surface area (Å²) in [5.74, 6) is -2.30. The number of hydrogen-bond acceptors (Lipinski definition) is 6. The van der Waals surface area contributed by atoms with E-state index in [4.69, 9.17) is 0 Å². The molecule has 9 nitrogen and oxygen atoms in total. The van der Waals surface area contributed by atoms with Crippen molar-refractivity contribution in [3.63, 3.8) is 0 Å². The Bertz CT molecular complexity index is 1050. The van der Waals surface area contributed by atoms with Gasteiger partial charge in [-0.2, -0.15) is 0 Å². The number of carbonyl (C=O) groups is 4.